The Balaban J connectivity index is 1.01. The zero-order valence-electron chi connectivity index (χ0n) is 38.5. The predicted molar refractivity (Wildman–Crippen MR) is 250 cm³/mol. The zero-order chi connectivity index (χ0) is 46.8. The maximum absolute atomic E-state index is 15.5. The van der Waals surface area contributed by atoms with E-state index in [-0.39, 0.29) is 37.2 Å². The lowest BCUT2D eigenvalue weighted by molar-refractivity contribution is -0.145. The Labute approximate surface area is 391 Å². The van der Waals surface area contributed by atoms with Gasteiger partial charge in [-0.15, -0.1) is 0 Å². The van der Waals surface area contributed by atoms with Crippen molar-refractivity contribution in [2.24, 2.45) is 29.6 Å². The van der Waals surface area contributed by atoms with E-state index < -0.39 is 74.7 Å². The van der Waals surface area contributed by atoms with Crippen molar-refractivity contribution < 1.29 is 46.9 Å². The van der Waals surface area contributed by atoms with Crippen LogP contribution < -0.4 is 24.4 Å². The van der Waals surface area contributed by atoms with E-state index in [1.54, 1.807) is 7.11 Å². The van der Waals surface area contributed by atoms with E-state index >= 15 is 4.79 Å². The molecule has 10 atom stereocenters. The first-order chi connectivity index (χ1) is 32.2. The van der Waals surface area contributed by atoms with Crippen LogP contribution in [-0.2, 0) is 29.1 Å². The van der Waals surface area contributed by atoms with Crippen molar-refractivity contribution in [3.8, 4) is 22.9 Å². The van der Waals surface area contributed by atoms with E-state index in [0.717, 1.165) is 42.6 Å². The molecule has 7 aliphatic rings. The first-order valence-electron chi connectivity index (χ1n) is 24.2. The fourth-order valence-electron chi connectivity index (χ4n) is 11.5. The fourth-order valence-corrected chi connectivity index (χ4v) is 12.8. The van der Waals surface area contributed by atoms with Crippen molar-refractivity contribution in [2.75, 3.05) is 44.9 Å². The second-order valence-electron chi connectivity index (χ2n) is 20.3. The van der Waals surface area contributed by atoms with Gasteiger partial charge in [-0.2, -0.15) is 0 Å². The number of carbonyl (C=O) groups is 4. The van der Waals surface area contributed by atoms with Gasteiger partial charge >= 0.3 is 6.09 Å². The highest BCUT2D eigenvalue weighted by molar-refractivity contribution is 7.91. The van der Waals surface area contributed by atoms with Gasteiger partial charge in [0, 0.05) is 48.1 Å². The summed E-state index contributed by atoms with van der Waals surface area (Å²) in [5.41, 5.74) is 1.02. The summed E-state index contributed by atoms with van der Waals surface area (Å²) >= 11 is 0. The molecule has 2 unspecified atom stereocenters. The Bertz CT molecular complexity index is 2550. The highest BCUT2D eigenvalue weighted by Gasteiger charge is 2.62. The van der Waals surface area contributed by atoms with Gasteiger partial charge in [0.25, 0.3) is 5.91 Å². The number of nitrogens with one attached hydrogen (secondary N) is 2. The first kappa shape index (κ1) is 45.4. The van der Waals surface area contributed by atoms with E-state index in [0.29, 0.717) is 80.4 Å². The van der Waals surface area contributed by atoms with Gasteiger partial charge in [0.2, 0.25) is 27.7 Å². The molecule has 0 radical (unpaired) electrons. The SMILES string of the molecule is COc1ccc2c(O[C@@H]3C[C@H]4C(=O)N[C@]5(C(=O)NS(=O)(=O)C6CC6)C[C@H]5/C=C\CC[C@@H](C)C[C@@H](C)[C@H](N(C(=O)O)C5CC6C[C@H]6C5)C(=O)N4C3)nc(-c3ccc(N4CCOCC4)cc3)cc2c1. The number of ether oxygens (including phenoxy) is 3. The maximum Gasteiger partial charge on any atom is 0.408 e. The predicted octanol–water partition coefficient (Wildman–Crippen LogP) is 5.74. The molecule has 2 aromatic carbocycles. The number of benzene rings is 2. The molecule has 2 saturated heterocycles. The molecule has 3 aromatic rings. The van der Waals surface area contributed by atoms with Gasteiger partial charge in [0.05, 0.1) is 37.8 Å². The third-order valence-electron chi connectivity index (χ3n) is 15.5. The van der Waals surface area contributed by atoms with Gasteiger partial charge < -0.3 is 34.4 Å². The van der Waals surface area contributed by atoms with E-state index in [2.05, 4.69) is 34.0 Å². The average molecular weight is 939 g/mol. The molecule has 4 amide bonds. The summed E-state index contributed by atoms with van der Waals surface area (Å²) in [4.78, 5) is 68.2. The van der Waals surface area contributed by atoms with Crippen LogP contribution in [0.2, 0.25) is 0 Å². The Kier molecular flexibility index (Phi) is 12.1. The second kappa shape index (κ2) is 17.9. The molecular weight excluding hydrogens is 877 g/mol. The number of aromatic nitrogens is 1. The Hall–Kier alpha value is -5.42. The number of allylic oxidation sites excluding steroid dienone is 1. The number of anilines is 1. The quantitative estimate of drug-likeness (QED) is 0.209. The van der Waals surface area contributed by atoms with Crippen LogP contribution in [0.25, 0.3) is 22.0 Å². The molecule has 4 aliphatic carbocycles. The normalized spacial score (nSPS) is 32.4. The highest BCUT2D eigenvalue weighted by Crippen LogP contribution is 2.54. The van der Waals surface area contributed by atoms with E-state index in [9.17, 15) is 27.9 Å². The number of hydrogen-bond acceptors (Lipinski definition) is 11. The van der Waals surface area contributed by atoms with Crippen molar-refractivity contribution in [3.63, 3.8) is 0 Å². The zero-order valence-corrected chi connectivity index (χ0v) is 39.3. The molecule has 16 nitrogen and oxygen atoms in total. The van der Waals surface area contributed by atoms with Gasteiger partial charge in [-0.25, -0.2) is 18.2 Å². The number of sulfonamides is 1. The minimum absolute atomic E-state index is 0.00606. The number of nitrogens with zero attached hydrogens (tertiary/aromatic N) is 4. The lowest BCUT2D eigenvalue weighted by Crippen LogP contribution is -2.61. The summed E-state index contributed by atoms with van der Waals surface area (Å²) < 4.78 is 46.5. The minimum atomic E-state index is -3.94. The number of methoxy groups -OCH3 is 1. The van der Waals surface area contributed by atoms with Crippen LogP contribution in [0, 0.1) is 29.6 Å². The molecule has 3 aliphatic heterocycles. The van der Waals surface area contributed by atoms with Gasteiger partial charge in [0.15, 0.2) is 0 Å². The molecule has 67 heavy (non-hydrogen) atoms. The number of morpholine rings is 1. The molecule has 4 saturated carbocycles. The summed E-state index contributed by atoms with van der Waals surface area (Å²) in [5.74, 6) is -0.826. The first-order valence-corrected chi connectivity index (χ1v) is 25.7. The lowest BCUT2D eigenvalue weighted by atomic mass is 9.86. The largest absolute Gasteiger partial charge is 0.497 e. The Morgan fingerprint density at radius 1 is 0.970 bits per heavy atom. The maximum atomic E-state index is 15.5. The van der Waals surface area contributed by atoms with Gasteiger partial charge in [-0.05, 0) is 123 Å². The van der Waals surface area contributed by atoms with Crippen LogP contribution in [-0.4, -0.2) is 127 Å². The van der Waals surface area contributed by atoms with Crippen LogP contribution in [0.5, 0.6) is 11.6 Å². The smallest absolute Gasteiger partial charge is 0.408 e. The van der Waals surface area contributed by atoms with Crippen LogP contribution in [0.3, 0.4) is 0 Å². The molecule has 3 N–H and O–H groups in total. The molecule has 4 heterocycles. The van der Waals surface area contributed by atoms with Crippen LogP contribution in [0.1, 0.15) is 78.1 Å². The van der Waals surface area contributed by atoms with Crippen molar-refractivity contribution in [1.82, 2.24) is 24.8 Å². The molecule has 0 spiro atoms. The molecular formula is C50H62N6O10S. The fraction of sp³-hybridized carbons (Fsp3) is 0.580. The number of carbonyl (C=O) groups excluding carboxylic acids is 3. The third-order valence-corrected chi connectivity index (χ3v) is 17.3. The van der Waals surface area contributed by atoms with Crippen molar-refractivity contribution in [2.45, 2.75) is 113 Å². The third kappa shape index (κ3) is 9.17. The summed E-state index contributed by atoms with van der Waals surface area (Å²) in [7, 11) is -2.34. The van der Waals surface area contributed by atoms with E-state index in [1.165, 1.54) is 9.80 Å². The summed E-state index contributed by atoms with van der Waals surface area (Å²) in [6.07, 6.45) is 7.49. The average Bonchev–Trinajstić information content (AvgIpc) is 4.28. The van der Waals surface area contributed by atoms with Crippen molar-refractivity contribution in [3.05, 3.63) is 60.7 Å². The lowest BCUT2D eigenvalue weighted by Gasteiger charge is -2.40. The van der Waals surface area contributed by atoms with Gasteiger partial charge in [0.1, 0.15) is 29.5 Å². The highest BCUT2D eigenvalue weighted by atomic mass is 32.2. The van der Waals surface area contributed by atoms with Crippen LogP contribution >= 0.6 is 0 Å². The summed E-state index contributed by atoms with van der Waals surface area (Å²) in [6.45, 7) is 6.91. The van der Waals surface area contributed by atoms with Crippen LogP contribution in [0.4, 0.5) is 10.5 Å². The van der Waals surface area contributed by atoms with Crippen LogP contribution in [0.15, 0.2) is 60.7 Å². The number of hydrogen-bond donors (Lipinski definition) is 3. The van der Waals surface area contributed by atoms with Gasteiger partial charge in [-0.1, -0.05) is 38.1 Å². The molecule has 0 bridgehead atoms. The topological polar surface area (TPSA) is 197 Å². The number of carboxylic acid groups (broad SMARTS) is 1. The minimum Gasteiger partial charge on any atom is -0.497 e. The van der Waals surface area contributed by atoms with Crippen molar-refractivity contribution >= 4 is 50.3 Å². The number of amides is 4. The Morgan fingerprint density at radius 3 is 2.42 bits per heavy atom. The number of fused-ring (bicyclic) bond motifs is 4. The van der Waals surface area contributed by atoms with E-state index in [1.807, 2.05) is 55.5 Å². The monoisotopic (exact) mass is 938 g/mol. The summed E-state index contributed by atoms with van der Waals surface area (Å²) in [5, 5.41) is 14.8. The molecule has 1 aromatic heterocycles. The standard InChI is InChI=1S/C50H62N6O10S/c1-29-6-4-5-7-35-27-50(35,48(59)53-67(62,63)40-13-14-40)52-45(57)43-26-39(28-55(43)47(58)44(30(2)20-29)56(49(60)61)37-22-32-21-33(32)23-37)66-46-41-15-12-38(64-3)24-34(41)25-42(51-46)31-8-10-36(11-9-31)54-16-18-65-19-17-54/h5,7-12,15,24-25,29-30,32-33,35,37,39-40,43-44H,4,6,13-14,16-23,26-28H2,1-3H3,(H,52,57)(H,53,59)(H,60,61)/b7-5-/t29-,30-,32+,33?,35-,37?,39-,43+,44+,50-/m1/s1. The second-order valence-corrected chi connectivity index (χ2v) is 22.3. The Morgan fingerprint density at radius 2 is 1.72 bits per heavy atom. The summed E-state index contributed by atoms with van der Waals surface area (Å²) in [6, 6.07) is 13.1. The molecule has 6 fully saturated rings. The number of pyridine rings is 1. The van der Waals surface area contributed by atoms with E-state index in [4.69, 9.17) is 19.2 Å². The molecule has 358 valence electrons. The van der Waals surface area contributed by atoms with Gasteiger partial charge in [-0.3, -0.25) is 24.0 Å². The molecule has 17 heteroatoms. The van der Waals surface area contributed by atoms with Crippen molar-refractivity contribution in [1.29, 1.82) is 0 Å². The number of rotatable bonds is 10. The molecule has 10 rings (SSSR count).